The van der Waals surface area contributed by atoms with Crippen LogP contribution in [0.2, 0.25) is 0 Å². The SMILES string of the molecule is COc1cc(CCCO)c(OC)c2c1CCCC2. The zero-order valence-corrected chi connectivity index (χ0v) is 11.3. The minimum Gasteiger partial charge on any atom is -0.496 e. The first kappa shape index (κ1) is 13.2. The van der Waals surface area contributed by atoms with E-state index in [1.54, 1.807) is 14.2 Å². The first-order valence-electron chi connectivity index (χ1n) is 6.68. The van der Waals surface area contributed by atoms with Gasteiger partial charge in [-0.05, 0) is 50.2 Å². The second-order valence-corrected chi connectivity index (χ2v) is 4.76. The van der Waals surface area contributed by atoms with Gasteiger partial charge in [0.2, 0.25) is 0 Å². The maximum absolute atomic E-state index is 8.98. The molecule has 1 aromatic rings. The monoisotopic (exact) mass is 250 g/mol. The number of aliphatic hydroxyl groups excluding tert-OH is 1. The van der Waals surface area contributed by atoms with Crippen molar-refractivity contribution in [2.24, 2.45) is 0 Å². The lowest BCUT2D eigenvalue weighted by Crippen LogP contribution is -2.09. The van der Waals surface area contributed by atoms with Gasteiger partial charge in [0.05, 0.1) is 14.2 Å². The Hall–Kier alpha value is -1.22. The molecule has 3 nitrogen and oxygen atoms in total. The number of benzene rings is 1. The summed E-state index contributed by atoms with van der Waals surface area (Å²) >= 11 is 0. The minimum atomic E-state index is 0.211. The Labute approximate surface area is 109 Å². The molecule has 0 aliphatic heterocycles. The van der Waals surface area contributed by atoms with Crippen LogP contribution >= 0.6 is 0 Å². The molecule has 0 radical (unpaired) electrons. The lowest BCUT2D eigenvalue weighted by atomic mass is 9.87. The van der Waals surface area contributed by atoms with Crippen LogP contribution in [0.3, 0.4) is 0 Å². The van der Waals surface area contributed by atoms with Crippen LogP contribution in [-0.2, 0) is 19.3 Å². The smallest absolute Gasteiger partial charge is 0.125 e. The number of hydrogen-bond acceptors (Lipinski definition) is 3. The Kier molecular flexibility index (Phi) is 4.48. The van der Waals surface area contributed by atoms with Crippen LogP contribution in [0.4, 0.5) is 0 Å². The molecule has 0 heterocycles. The van der Waals surface area contributed by atoms with Gasteiger partial charge in [0.15, 0.2) is 0 Å². The van der Waals surface area contributed by atoms with Gasteiger partial charge >= 0.3 is 0 Å². The fourth-order valence-corrected chi connectivity index (χ4v) is 2.82. The van der Waals surface area contributed by atoms with Crippen molar-refractivity contribution in [2.45, 2.75) is 38.5 Å². The van der Waals surface area contributed by atoms with E-state index >= 15 is 0 Å². The molecule has 1 aromatic carbocycles. The van der Waals surface area contributed by atoms with Crippen LogP contribution in [-0.4, -0.2) is 25.9 Å². The molecule has 0 bridgehead atoms. The Morgan fingerprint density at radius 1 is 1.11 bits per heavy atom. The molecule has 18 heavy (non-hydrogen) atoms. The van der Waals surface area contributed by atoms with Crippen LogP contribution in [0.25, 0.3) is 0 Å². The average molecular weight is 250 g/mol. The highest BCUT2D eigenvalue weighted by Gasteiger charge is 2.21. The number of hydrogen-bond donors (Lipinski definition) is 1. The van der Waals surface area contributed by atoms with Crippen molar-refractivity contribution in [3.05, 3.63) is 22.8 Å². The molecule has 1 aliphatic carbocycles. The third-order valence-electron chi connectivity index (χ3n) is 3.66. The molecule has 100 valence electrons. The molecule has 2 rings (SSSR count). The predicted molar refractivity (Wildman–Crippen MR) is 71.6 cm³/mol. The summed E-state index contributed by atoms with van der Waals surface area (Å²) in [5, 5.41) is 8.98. The second kappa shape index (κ2) is 6.10. The van der Waals surface area contributed by atoms with Crippen molar-refractivity contribution in [1.29, 1.82) is 0 Å². The van der Waals surface area contributed by atoms with Crippen molar-refractivity contribution in [2.75, 3.05) is 20.8 Å². The van der Waals surface area contributed by atoms with Crippen molar-refractivity contribution < 1.29 is 14.6 Å². The summed E-state index contributed by atoms with van der Waals surface area (Å²) in [6.07, 6.45) is 6.19. The first-order valence-corrected chi connectivity index (χ1v) is 6.68. The van der Waals surface area contributed by atoms with E-state index in [2.05, 4.69) is 6.07 Å². The molecule has 3 heteroatoms. The fourth-order valence-electron chi connectivity index (χ4n) is 2.82. The molecule has 0 spiro atoms. The van der Waals surface area contributed by atoms with E-state index in [-0.39, 0.29) is 6.61 Å². The molecule has 0 atom stereocenters. The average Bonchev–Trinajstić information content (AvgIpc) is 2.43. The van der Waals surface area contributed by atoms with Gasteiger partial charge in [-0.2, -0.15) is 0 Å². The Balaban J connectivity index is 2.46. The summed E-state index contributed by atoms with van der Waals surface area (Å²) in [5.41, 5.74) is 3.79. The van der Waals surface area contributed by atoms with Crippen LogP contribution < -0.4 is 9.47 Å². The normalized spacial score (nSPS) is 14.2. The Bertz CT molecular complexity index is 413. The van der Waals surface area contributed by atoms with E-state index < -0.39 is 0 Å². The quantitative estimate of drug-likeness (QED) is 0.872. The topological polar surface area (TPSA) is 38.7 Å². The lowest BCUT2D eigenvalue weighted by Gasteiger charge is -2.23. The number of ether oxygens (including phenoxy) is 2. The number of methoxy groups -OCH3 is 2. The number of rotatable bonds is 5. The molecule has 0 saturated heterocycles. The third-order valence-corrected chi connectivity index (χ3v) is 3.66. The summed E-state index contributed by atoms with van der Waals surface area (Å²) in [6, 6.07) is 2.08. The first-order chi connectivity index (χ1) is 8.81. The molecular weight excluding hydrogens is 228 g/mol. The molecular formula is C15H22O3. The molecule has 1 aliphatic rings. The summed E-state index contributed by atoms with van der Waals surface area (Å²) in [6.45, 7) is 0.211. The van der Waals surface area contributed by atoms with Gasteiger partial charge in [0.25, 0.3) is 0 Å². The summed E-state index contributed by atoms with van der Waals surface area (Å²) < 4.78 is 11.1. The summed E-state index contributed by atoms with van der Waals surface area (Å²) in [4.78, 5) is 0. The fraction of sp³-hybridized carbons (Fsp3) is 0.600. The highest BCUT2D eigenvalue weighted by molar-refractivity contribution is 5.54. The van der Waals surface area contributed by atoms with Crippen LogP contribution in [0.1, 0.15) is 36.0 Å². The lowest BCUT2D eigenvalue weighted by molar-refractivity contribution is 0.287. The van der Waals surface area contributed by atoms with E-state index in [1.165, 1.54) is 24.0 Å². The van der Waals surface area contributed by atoms with Crippen molar-refractivity contribution in [3.63, 3.8) is 0 Å². The second-order valence-electron chi connectivity index (χ2n) is 4.76. The van der Waals surface area contributed by atoms with Gasteiger partial charge in [-0.1, -0.05) is 0 Å². The summed E-state index contributed by atoms with van der Waals surface area (Å²) in [7, 11) is 3.46. The Morgan fingerprint density at radius 3 is 2.44 bits per heavy atom. The Morgan fingerprint density at radius 2 is 1.83 bits per heavy atom. The standard InChI is InChI=1S/C15H22O3/c1-17-14-10-11(6-5-9-16)15(18-2)13-8-4-3-7-12(13)14/h10,16H,3-9H2,1-2H3. The number of fused-ring (bicyclic) bond motifs is 1. The van der Waals surface area contributed by atoms with Gasteiger partial charge in [-0.15, -0.1) is 0 Å². The van der Waals surface area contributed by atoms with Gasteiger partial charge in [0.1, 0.15) is 11.5 Å². The highest BCUT2D eigenvalue weighted by Crippen LogP contribution is 2.39. The highest BCUT2D eigenvalue weighted by atomic mass is 16.5. The third kappa shape index (κ3) is 2.46. The maximum Gasteiger partial charge on any atom is 0.125 e. The molecule has 1 N–H and O–H groups in total. The van der Waals surface area contributed by atoms with E-state index in [4.69, 9.17) is 14.6 Å². The van der Waals surface area contributed by atoms with Crippen LogP contribution in [0, 0.1) is 0 Å². The molecule has 0 aromatic heterocycles. The predicted octanol–water partition coefficient (Wildman–Crippen LogP) is 2.51. The zero-order valence-electron chi connectivity index (χ0n) is 11.3. The number of aryl methyl sites for hydroxylation is 1. The molecule has 0 fully saturated rings. The number of aliphatic hydroxyl groups is 1. The molecule has 0 saturated carbocycles. The van der Waals surface area contributed by atoms with E-state index in [0.717, 1.165) is 42.7 Å². The minimum absolute atomic E-state index is 0.211. The van der Waals surface area contributed by atoms with Crippen molar-refractivity contribution in [3.8, 4) is 11.5 Å². The van der Waals surface area contributed by atoms with Crippen molar-refractivity contribution in [1.82, 2.24) is 0 Å². The van der Waals surface area contributed by atoms with Gasteiger partial charge in [0, 0.05) is 17.7 Å². The van der Waals surface area contributed by atoms with Crippen molar-refractivity contribution >= 4 is 0 Å². The van der Waals surface area contributed by atoms with Crippen LogP contribution in [0.15, 0.2) is 6.07 Å². The zero-order chi connectivity index (χ0) is 13.0. The van der Waals surface area contributed by atoms with E-state index in [0.29, 0.717) is 0 Å². The van der Waals surface area contributed by atoms with E-state index in [1.807, 2.05) is 0 Å². The maximum atomic E-state index is 8.98. The molecule has 0 amide bonds. The molecule has 0 unspecified atom stereocenters. The van der Waals surface area contributed by atoms with Gasteiger partial charge in [-0.3, -0.25) is 0 Å². The largest absolute Gasteiger partial charge is 0.496 e. The van der Waals surface area contributed by atoms with E-state index in [9.17, 15) is 0 Å². The van der Waals surface area contributed by atoms with Gasteiger partial charge in [-0.25, -0.2) is 0 Å². The van der Waals surface area contributed by atoms with Crippen LogP contribution in [0.5, 0.6) is 11.5 Å². The summed E-state index contributed by atoms with van der Waals surface area (Å²) in [5.74, 6) is 2.00. The van der Waals surface area contributed by atoms with Gasteiger partial charge < -0.3 is 14.6 Å².